The van der Waals surface area contributed by atoms with E-state index in [1.54, 1.807) is 34.6 Å². The van der Waals surface area contributed by atoms with Crippen molar-refractivity contribution in [3.05, 3.63) is 24.3 Å². The number of ether oxygens (including phenoxy) is 2. The van der Waals surface area contributed by atoms with Crippen molar-refractivity contribution >= 4 is 11.8 Å². The lowest BCUT2D eigenvalue weighted by molar-refractivity contribution is -0.156. The molecule has 0 aromatic heterocycles. The zero-order valence-corrected chi connectivity index (χ0v) is 14.2. The molecule has 1 unspecified atom stereocenters. The monoisotopic (exact) mass is 296 g/mol. The standard InChI is InChI=1S/C17H28O4/c1-9-17(8,14(18)12(2)3)20-11-10-16(6,7)21-15(19)13(4)5/h2,4,9-11H2,1,3,5-8H3. The van der Waals surface area contributed by atoms with E-state index in [1.165, 1.54) is 0 Å². The summed E-state index contributed by atoms with van der Waals surface area (Å²) >= 11 is 0. The van der Waals surface area contributed by atoms with Gasteiger partial charge in [0.1, 0.15) is 11.2 Å². The third kappa shape index (κ3) is 6.25. The molecule has 0 aromatic rings. The summed E-state index contributed by atoms with van der Waals surface area (Å²) in [5.41, 5.74) is -0.704. The van der Waals surface area contributed by atoms with Crippen LogP contribution in [0.2, 0.25) is 0 Å². The molecule has 4 heteroatoms. The second-order valence-corrected chi connectivity index (χ2v) is 6.22. The quantitative estimate of drug-likeness (QED) is 0.482. The summed E-state index contributed by atoms with van der Waals surface area (Å²) in [7, 11) is 0. The topological polar surface area (TPSA) is 52.6 Å². The average molecular weight is 296 g/mol. The second kappa shape index (κ2) is 7.55. The van der Waals surface area contributed by atoms with Crippen molar-refractivity contribution in [1.29, 1.82) is 0 Å². The van der Waals surface area contributed by atoms with Gasteiger partial charge in [-0.05, 0) is 46.6 Å². The molecule has 0 radical (unpaired) electrons. The van der Waals surface area contributed by atoms with Crippen molar-refractivity contribution in [2.24, 2.45) is 0 Å². The lowest BCUT2D eigenvalue weighted by atomic mass is 9.93. The van der Waals surface area contributed by atoms with E-state index < -0.39 is 17.2 Å². The van der Waals surface area contributed by atoms with Gasteiger partial charge in [-0.15, -0.1) is 0 Å². The fourth-order valence-corrected chi connectivity index (χ4v) is 1.69. The van der Waals surface area contributed by atoms with E-state index in [0.29, 0.717) is 30.6 Å². The molecular formula is C17H28O4. The van der Waals surface area contributed by atoms with Crippen molar-refractivity contribution in [3.63, 3.8) is 0 Å². The van der Waals surface area contributed by atoms with Gasteiger partial charge >= 0.3 is 5.97 Å². The van der Waals surface area contributed by atoms with Crippen molar-refractivity contribution in [2.75, 3.05) is 6.61 Å². The first kappa shape index (κ1) is 19.6. The minimum absolute atomic E-state index is 0.0956. The van der Waals surface area contributed by atoms with Gasteiger partial charge < -0.3 is 9.47 Å². The third-order valence-corrected chi connectivity index (χ3v) is 3.38. The molecule has 120 valence electrons. The maximum Gasteiger partial charge on any atom is 0.333 e. The van der Waals surface area contributed by atoms with Gasteiger partial charge in [0.25, 0.3) is 0 Å². The predicted octanol–water partition coefficient (Wildman–Crippen LogP) is 3.60. The summed E-state index contributed by atoms with van der Waals surface area (Å²) in [4.78, 5) is 23.6. The Balaban J connectivity index is 4.58. The minimum atomic E-state index is -0.875. The Morgan fingerprint density at radius 3 is 1.95 bits per heavy atom. The van der Waals surface area contributed by atoms with Crippen LogP contribution < -0.4 is 0 Å². The number of carbonyl (C=O) groups is 2. The smallest absolute Gasteiger partial charge is 0.333 e. The highest BCUT2D eigenvalue weighted by Gasteiger charge is 2.33. The first-order chi connectivity index (χ1) is 9.45. The highest BCUT2D eigenvalue weighted by atomic mass is 16.6. The Hall–Kier alpha value is -1.42. The molecule has 0 fully saturated rings. The average Bonchev–Trinajstić information content (AvgIpc) is 2.36. The van der Waals surface area contributed by atoms with E-state index in [4.69, 9.17) is 9.47 Å². The normalized spacial score (nSPS) is 14.2. The number of esters is 1. The summed E-state index contributed by atoms with van der Waals surface area (Å²) in [6, 6.07) is 0. The van der Waals surface area contributed by atoms with Crippen LogP contribution >= 0.6 is 0 Å². The van der Waals surface area contributed by atoms with Crippen LogP contribution in [-0.4, -0.2) is 29.6 Å². The molecule has 0 aliphatic heterocycles. The molecule has 0 saturated heterocycles. The predicted molar refractivity (Wildman–Crippen MR) is 84.1 cm³/mol. The van der Waals surface area contributed by atoms with Crippen molar-refractivity contribution in [2.45, 2.75) is 65.6 Å². The van der Waals surface area contributed by atoms with Crippen molar-refractivity contribution < 1.29 is 19.1 Å². The summed E-state index contributed by atoms with van der Waals surface area (Å²) in [6.45, 7) is 18.1. The van der Waals surface area contributed by atoms with Gasteiger partial charge in [0, 0.05) is 12.0 Å². The first-order valence-electron chi connectivity index (χ1n) is 7.18. The van der Waals surface area contributed by atoms with E-state index in [-0.39, 0.29) is 5.78 Å². The van der Waals surface area contributed by atoms with Gasteiger partial charge in [0.15, 0.2) is 5.78 Å². The van der Waals surface area contributed by atoms with Crippen molar-refractivity contribution in [3.8, 4) is 0 Å². The molecule has 0 aromatic carbocycles. The molecule has 0 bridgehead atoms. The van der Waals surface area contributed by atoms with E-state index in [1.807, 2.05) is 6.92 Å². The van der Waals surface area contributed by atoms with E-state index in [2.05, 4.69) is 13.2 Å². The largest absolute Gasteiger partial charge is 0.456 e. The number of hydrogen-bond acceptors (Lipinski definition) is 4. The Morgan fingerprint density at radius 1 is 1.05 bits per heavy atom. The molecule has 1 atom stereocenters. The Morgan fingerprint density at radius 2 is 1.57 bits per heavy atom. The summed E-state index contributed by atoms with van der Waals surface area (Å²) < 4.78 is 11.1. The van der Waals surface area contributed by atoms with E-state index in [9.17, 15) is 9.59 Å². The first-order valence-corrected chi connectivity index (χ1v) is 7.18. The molecule has 0 aliphatic carbocycles. The molecular weight excluding hydrogens is 268 g/mol. The van der Waals surface area contributed by atoms with E-state index in [0.717, 1.165) is 0 Å². The lowest BCUT2D eigenvalue weighted by Gasteiger charge is -2.30. The minimum Gasteiger partial charge on any atom is -0.456 e. The molecule has 0 heterocycles. The highest BCUT2D eigenvalue weighted by molar-refractivity contribution is 6.00. The van der Waals surface area contributed by atoms with Crippen LogP contribution in [0, 0.1) is 0 Å². The van der Waals surface area contributed by atoms with Crippen LogP contribution in [0.25, 0.3) is 0 Å². The fraction of sp³-hybridized carbons (Fsp3) is 0.647. The second-order valence-electron chi connectivity index (χ2n) is 6.22. The fourth-order valence-electron chi connectivity index (χ4n) is 1.69. The Bertz CT molecular complexity index is 434. The maximum atomic E-state index is 12.1. The van der Waals surface area contributed by atoms with Crippen LogP contribution in [0.3, 0.4) is 0 Å². The van der Waals surface area contributed by atoms with Crippen LogP contribution in [0.15, 0.2) is 24.3 Å². The molecule has 0 spiro atoms. The summed E-state index contributed by atoms with van der Waals surface area (Å²) in [5.74, 6) is -0.516. The third-order valence-electron chi connectivity index (χ3n) is 3.38. The molecule has 0 rings (SSSR count). The van der Waals surface area contributed by atoms with Gasteiger partial charge in [-0.1, -0.05) is 20.1 Å². The number of carbonyl (C=O) groups excluding carboxylic acids is 2. The Kier molecular flexibility index (Phi) is 7.04. The van der Waals surface area contributed by atoms with Gasteiger partial charge in [-0.2, -0.15) is 0 Å². The van der Waals surface area contributed by atoms with E-state index >= 15 is 0 Å². The molecule has 0 aliphatic rings. The SMILES string of the molecule is C=C(C)C(=O)OC(C)(C)CCOC(C)(CC)C(=O)C(=C)C. The molecule has 4 nitrogen and oxygen atoms in total. The zero-order valence-electron chi connectivity index (χ0n) is 14.2. The van der Waals surface area contributed by atoms with Crippen LogP contribution in [-0.2, 0) is 19.1 Å². The number of hydrogen-bond donors (Lipinski definition) is 0. The van der Waals surface area contributed by atoms with Gasteiger partial charge in [0.05, 0.1) is 6.61 Å². The van der Waals surface area contributed by atoms with Gasteiger partial charge in [-0.25, -0.2) is 4.79 Å². The van der Waals surface area contributed by atoms with Crippen molar-refractivity contribution in [1.82, 2.24) is 0 Å². The number of Topliss-reactive ketones (excluding diaryl/α,β-unsaturated/α-hetero) is 1. The number of ketones is 1. The lowest BCUT2D eigenvalue weighted by Crippen LogP contribution is -2.40. The highest BCUT2D eigenvalue weighted by Crippen LogP contribution is 2.23. The maximum absolute atomic E-state index is 12.1. The van der Waals surface area contributed by atoms with Crippen LogP contribution in [0.1, 0.15) is 54.4 Å². The summed E-state index contributed by atoms with van der Waals surface area (Å²) in [5, 5.41) is 0. The molecule has 0 amide bonds. The van der Waals surface area contributed by atoms with Gasteiger partial charge in [0.2, 0.25) is 0 Å². The molecule has 0 saturated carbocycles. The van der Waals surface area contributed by atoms with Crippen LogP contribution in [0.4, 0.5) is 0 Å². The van der Waals surface area contributed by atoms with Crippen LogP contribution in [0.5, 0.6) is 0 Å². The molecule has 21 heavy (non-hydrogen) atoms. The zero-order chi connectivity index (χ0) is 16.8. The number of rotatable bonds is 9. The van der Waals surface area contributed by atoms with Gasteiger partial charge in [-0.3, -0.25) is 4.79 Å². The summed E-state index contributed by atoms with van der Waals surface area (Å²) in [6.07, 6.45) is 1.05. The Labute approximate surface area is 128 Å². The molecule has 0 N–H and O–H groups in total.